The van der Waals surface area contributed by atoms with Gasteiger partial charge in [0.05, 0.1) is 6.61 Å². The Balaban J connectivity index is 2.30. The third kappa shape index (κ3) is 5.33. The van der Waals surface area contributed by atoms with Gasteiger partial charge in [-0.3, -0.25) is 4.79 Å². The second kappa shape index (κ2) is 8.45. The lowest BCUT2D eigenvalue weighted by Crippen LogP contribution is -2.47. The summed E-state index contributed by atoms with van der Waals surface area (Å²) in [5.74, 6) is -0.117. The summed E-state index contributed by atoms with van der Waals surface area (Å²) in [6.07, 6.45) is 0.830. The van der Waals surface area contributed by atoms with Crippen LogP contribution >= 0.6 is 0 Å². The van der Waals surface area contributed by atoms with Crippen LogP contribution in [0.5, 0.6) is 0 Å². The predicted octanol–water partition coefficient (Wildman–Crippen LogP) is 0.165. The van der Waals surface area contributed by atoms with Gasteiger partial charge in [-0.05, 0) is 26.9 Å². The van der Waals surface area contributed by atoms with Crippen LogP contribution in [0.25, 0.3) is 0 Å². The van der Waals surface area contributed by atoms with Crippen LogP contribution in [0.15, 0.2) is 0 Å². The van der Waals surface area contributed by atoms with Crippen LogP contribution in [0.2, 0.25) is 0 Å². The zero-order valence-corrected chi connectivity index (χ0v) is 11.9. The second-order valence-electron chi connectivity index (χ2n) is 4.80. The molecule has 106 valence electrons. The number of likely N-dealkylation sites (N-methyl/N-ethyl adjacent to an activating group) is 2. The molecule has 0 aliphatic carbocycles. The average molecular weight is 257 g/mol. The molecule has 0 aromatic heterocycles. The molecule has 1 aliphatic heterocycles. The molecule has 0 aromatic rings. The van der Waals surface area contributed by atoms with Crippen molar-refractivity contribution in [3.63, 3.8) is 0 Å². The van der Waals surface area contributed by atoms with E-state index in [4.69, 9.17) is 4.74 Å². The second-order valence-corrected chi connectivity index (χ2v) is 4.80. The van der Waals surface area contributed by atoms with Crippen molar-refractivity contribution >= 4 is 5.97 Å². The van der Waals surface area contributed by atoms with E-state index in [9.17, 15) is 4.79 Å². The Bertz CT molecular complexity index is 240. The van der Waals surface area contributed by atoms with Gasteiger partial charge >= 0.3 is 5.97 Å². The Hall–Kier alpha value is -0.650. The normalized spacial score (nSPS) is 19.7. The Morgan fingerprint density at radius 2 is 1.94 bits per heavy atom. The molecule has 1 saturated heterocycles. The highest BCUT2D eigenvalue weighted by Crippen LogP contribution is 2.03. The standard InChI is InChI=1S/C13H27N3O2/c1-4-14-12(13(17)18-5-2)6-7-16-10-8-15(3)9-11-16/h12,14H,4-11H2,1-3H3. The lowest BCUT2D eigenvalue weighted by molar-refractivity contribution is -0.145. The first-order valence-electron chi connectivity index (χ1n) is 6.98. The maximum Gasteiger partial charge on any atom is 0.323 e. The predicted molar refractivity (Wildman–Crippen MR) is 72.7 cm³/mol. The smallest absolute Gasteiger partial charge is 0.323 e. The number of carbonyl (C=O) groups excluding carboxylic acids is 1. The molecule has 0 saturated carbocycles. The fourth-order valence-corrected chi connectivity index (χ4v) is 2.18. The Kier molecular flexibility index (Phi) is 7.23. The molecule has 5 nitrogen and oxygen atoms in total. The molecule has 18 heavy (non-hydrogen) atoms. The van der Waals surface area contributed by atoms with Gasteiger partial charge in [-0.1, -0.05) is 6.92 Å². The number of hydrogen-bond donors (Lipinski definition) is 1. The van der Waals surface area contributed by atoms with Gasteiger partial charge in [-0.2, -0.15) is 0 Å². The lowest BCUT2D eigenvalue weighted by atomic mass is 10.2. The number of esters is 1. The van der Waals surface area contributed by atoms with E-state index in [1.165, 1.54) is 0 Å². The highest BCUT2D eigenvalue weighted by atomic mass is 16.5. The van der Waals surface area contributed by atoms with Crippen molar-refractivity contribution in [2.75, 3.05) is 52.9 Å². The molecular weight excluding hydrogens is 230 g/mol. The molecule has 1 rings (SSSR count). The van der Waals surface area contributed by atoms with E-state index in [-0.39, 0.29) is 12.0 Å². The van der Waals surface area contributed by atoms with E-state index < -0.39 is 0 Å². The van der Waals surface area contributed by atoms with Crippen molar-refractivity contribution in [2.24, 2.45) is 0 Å². The van der Waals surface area contributed by atoms with Crippen molar-refractivity contribution in [1.82, 2.24) is 15.1 Å². The van der Waals surface area contributed by atoms with Gasteiger partial charge in [0.15, 0.2) is 0 Å². The summed E-state index contributed by atoms with van der Waals surface area (Å²) in [6, 6.07) is -0.158. The third-order valence-electron chi connectivity index (χ3n) is 3.35. The molecule has 1 atom stereocenters. The maximum atomic E-state index is 11.7. The molecular formula is C13H27N3O2. The number of piperazine rings is 1. The highest BCUT2D eigenvalue weighted by molar-refractivity contribution is 5.75. The van der Waals surface area contributed by atoms with Gasteiger partial charge in [0.1, 0.15) is 6.04 Å². The summed E-state index contributed by atoms with van der Waals surface area (Å²) >= 11 is 0. The molecule has 1 fully saturated rings. The van der Waals surface area contributed by atoms with Gasteiger partial charge in [0, 0.05) is 32.7 Å². The molecule has 1 N–H and O–H groups in total. The largest absolute Gasteiger partial charge is 0.465 e. The number of rotatable bonds is 7. The van der Waals surface area contributed by atoms with E-state index in [0.717, 1.165) is 45.7 Å². The summed E-state index contributed by atoms with van der Waals surface area (Å²) in [6.45, 7) is 10.5. The van der Waals surface area contributed by atoms with Crippen LogP contribution in [-0.4, -0.2) is 74.7 Å². The van der Waals surface area contributed by atoms with Crippen molar-refractivity contribution in [2.45, 2.75) is 26.3 Å². The van der Waals surface area contributed by atoms with Crippen molar-refractivity contribution in [3.8, 4) is 0 Å². The first kappa shape index (κ1) is 15.4. The summed E-state index contributed by atoms with van der Waals surface area (Å²) in [7, 11) is 2.15. The minimum absolute atomic E-state index is 0.117. The molecule has 0 aromatic carbocycles. The van der Waals surface area contributed by atoms with Crippen LogP contribution in [0.3, 0.4) is 0 Å². The van der Waals surface area contributed by atoms with E-state index in [2.05, 4.69) is 22.2 Å². The molecule has 0 bridgehead atoms. The zero-order chi connectivity index (χ0) is 13.4. The summed E-state index contributed by atoms with van der Waals surface area (Å²) in [5, 5.41) is 3.20. The van der Waals surface area contributed by atoms with Crippen molar-refractivity contribution in [1.29, 1.82) is 0 Å². The van der Waals surface area contributed by atoms with E-state index in [1.807, 2.05) is 13.8 Å². The third-order valence-corrected chi connectivity index (χ3v) is 3.35. The molecule has 0 radical (unpaired) electrons. The Morgan fingerprint density at radius 1 is 1.28 bits per heavy atom. The van der Waals surface area contributed by atoms with E-state index in [1.54, 1.807) is 0 Å². The fourth-order valence-electron chi connectivity index (χ4n) is 2.18. The summed E-state index contributed by atoms with van der Waals surface area (Å²) < 4.78 is 5.09. The van der Waals surface area contributed by atoms with Crippen molar-refractivity contribution in [3.05, 3.63) is 0 Å². The van der Waals surface area contributed by atoms with Crippen LogP contribution < -0.4 is 5.32 Å². The van der Waals surface area contributed by atoms with Crippen LogP contribution in [0.4, 0.5) is 0 Å². The van der Waals surface area contributed by atoms with E-state index in [0.29, 0.717) is 6.61 Å². The topological polar surface area (TPSA) is 44.8 Å². The lowest BCUT2D eigenvalue weighted by Gasteiger charge is -2.33. The fraction of sp³-hybridized carbons (Fsp3) is 0.923. The van der Waals surface area contributed by atoms with Crippen LogP contribution in [0.1, 0.15) is 20.3 Å². The van der Waals surface area contributed by atoms with Crippen LogP contribution in [-0.2, 0) is 9.53 Å². The van der Waals surface area contributed by atoms with Gasteiger partial charge in [0.2, 0.25) is 0 Å². The number of ether oxygens (including phenoxy) is 1. The summed E-state index contributed by atoms with van der Waals surface area (Å²) in [5.41, 5.74) is 0. The Morgan fingerprint density at radius 3 is 2.50 bits per heavy atom. The first-order valence-corrected chi connectivity index (χ1v) is 6.98. The van der Waals surface area contributed by atoms with Crippen LogP contribution in [0, 0.1) is 0 Å². The molecule has 5 heteroatoms. The zero-order valence-electron chi connectivity index (χ0n) is 11.9. The van der Waals surface area contributed by atoms with Crippen molar-refractivity contribution < 1.29 is 9.53 Å². The Labute approximate surface area is 110 Å². The number of nitrogens with one attached hydrogen (secondary N) is 1. The maximum absolute atomic E-state index is 11.7. The molecule has 0 amide bonds. The first-order chi connectivity index (χ1) is 8.67. The molecule has 1 heterocycles. The van der Waals surface area contributed by atoms with Gasteiger partial charge in [-0.15, -0.1) is 0 Å². The minimum Gasteiger partial charge on any atom is -0.465 e. The van der Waals surface area contributed by atoms with E-state index >= 15 is 0 Å². The quantitative estimate of drug-likeness (QED) is 0.659. The molecule has 0 spiro atoms. The molecule has 1 aliphatic rings. The SMILES string of the molecule is CCNC(CCN1CCN(C)CC1)C(=O)OCC. The van der Waals surface area contributed by atoms with Gasteiger partial charge < -0.3 is 19.9 Å². The number of carbonyl (C=O) groups is 1. The average Bonchev–Trinajstić information content (AvgIpc) is 2.36. The molecule has 1 unspecified atom stereocenters. The summed E-state index contributed by atoms with van der Waals surface area (Å²) in [4.78, 5) is 16.5. The number of nitrogens with zero attached hydrogens (tertiary/aromatic N) is 2. The minimum atomic E-state index is -0.158. The highest BCUT2D eigenvalue weighted by Gasteiger charge is 2.21. The van der Waals surface area contributed by atoms with Gasteiger partial charge in [-0.25, -0.2) is 0 Å². The monoisotopic (exact) mass is 257 g/mol. The van der Waals surface area contributed by atoms with Gasteiger partial charge in [0.25, 0.3) is 0 Å². The number of hydrogen-bond acceptors (Lipinski definition) is 5.